The number of rotatable bonds is 5. The Balaban J connectivity index is 1.67. The average Bonchev–Trinajstić information content (AvgIpc) is 2.98. The monoisotopic (exact) mass is 401 g/mol. The summed E-state index contributed by atoms with van der Waals surface area (Å²) in [7, 11) is 2.11. The van der Waals surface area contributed by atoms with Crippen LogP contribution in [-0.4, -0.2) is 74.0 Å². The maximum Gasteiger partial charge on any atom is 0.229 e. The molecule has 8 N–H and O–H groups in total. The molecule has 1 amide bonds. The standard InChI is InChI=1S/C17H32FN7OS/c1-9-12(10-3-5-25(2)6-4-10)17(27-24-9)23-16(26)13(14(19)20)15-21-7-11(18)8-22-15/h3,9,11-15,17,21-22,24H,4-8,19-20H2,1-2H3,(H,23,26). The molecule has 4 atom stereocenters. The van der Waals surface area contributed by atoms with Crippen LogP contribution in [0, 0.1) is 11.8 Å². The molecule has 10 heteroatoms. The second-order valence-electron chi connectivity index (χ2n) is 7.77. The number of alkyl halides is 1. The van der Waals surface area contributed by atoms with Crippen molar-refractivity contribution < 1.29 is 9.18 Å². The summed E-state index contributed by atoms with van der Waals surface area (Å²) in [5.41, 5.74) is 13.2. The molecule has 0 aromatic carbocycles. The highest BCUT2D eigenvalue weighted by Gasteiger charge is 2.41. The summed E-state index contributed by atoms with van der Waals surface area (Å²) in [6, 6.07) is 0.262. The van der Waals surface area contributed by atoms with Crippen molar-refractivity contribution >= 4 is 17.9 Å². The summed E-state index contributed by atoms with van der Waals surface area (Å²) in [5.74, 6) is -0.662. The van der Waals surface area contributed by atoms with E-state index in [0.717, 1.165) is 19.5 Å². The summed E-state index contributed by atoms with van der Waals surface area (Å²) >= 11 is 1.54. The van der Waals surface area contributed by atoms with Crippen LogP contribution < -0.4 is 32.1 Å². The Morgan fingerprint density at radius 3 is 2.70 bits per heavy atom. The molecule has 0 saturated carbocycles. The van der Waals surface area contributed by atoms with E-state index in [2.05, 4.69) is 45.6 Å². The van der Waals surface area contributed by atoms with Crippen LogP contribution in [0.5, 0.6) is 0 Å². The molecule has 27 heavy (non-hydrogen) atoms. The number of carbonyl (C=O) groups is 1. The van der Waals surface area contributed by atoms with E-state index in [0.29, 0.717) is 0 Å². The molecular weight excluding hydrogens is 369 g/mol. The SMILES string of the molecule is CC1NSC(NC(=O)C(C(N)N)C2NCC(F)CN2)C1C1=CCN(C)CC1. The summed E-state index contributed by atoms with van der Waals surface area (Å²) in [5, 5.41) is 9.04. The number of carbonyl (C=O) groups excluding carboxylic acids is 1. The molecule has 3 heterocycles. The second-order valence-corrected chi connectivity index (χ2v) is 8.74. The highest BCUT2D eigenvalue weighted by Crippen LogP contribution is 2.35. The van der Waals surface area contributed by atoms with Gasteiger partial charge in [0.25, 0.3) is 0 Å². The molecule has 0 aromatic rings. The number of likely N-dealkylation sites (N-methyl/N-ethyl adjacent to an activating group) is 1. The number of halogens is 1. The van der Waals surface area contributed by atoms with Crippen LogP contribution in [0.25, 0.3) is 0 Å². The predicted octanol–water partition coefficient (Wildman–Crippen LogP) is -1.34. The molecule has 2 saturated heterocycles. The van der Waals surface area contributed by atoms with Crippen molar-refractivity contribution in [2.45, 2.75) is 43.3 Å². The van der Waals surface area contributed by atoms with E-state index in [1.807, 2.05) is 0 Å². The number of nitrogens with two attached hydrogens (primary N) is 2. The molecule has 8 nitrogen and oxygen atoms in total. The van der Waals surface area contributed by atoms with Crippen LogP contribution in [0.4, 0.5) is 4.39 Å². The summed E-state index contributed by atoms with van der Waals surface area (Å²) in [6.45, 7) is 4.47. The van der Waals surface area contributed by atoms with E-state index in [4.69, 9.17) is 11.5 Å². The molecule has 3 aliphatic rings. The average molecular weight is 402 g/mol. The van der Waals surface area contributed by atoms with Gasteiger partial charge >= 0.3 is 0 Å². The van der Waals surface area contributed by atoms with Gasteiger partial charge < -0.3 is 21.7 Å². The van der Waals surface area contributed by atoms with Crippen molar-refractivity contribution in [2.24, 2.45) is 23.3 Å². The summed E-state index contributed by atoms with van der Waals surface area (Å²) in [6.07, 6.45) is 1.02. The molecule has 0 bridgehead atoms. The van der Waals surface area contributed by atoms with Crippen LogP contribution in [0.2, 0.25) is 0 Å². The van der Waals surface area contributed by atoms with Crippen molar-refractivity contribution in [3.63, 3.8) is 0 Å². The second kappa shape index (κ2) is 9.17. The fourth-order valence-electron chi connectivity index (χ4n) is 4.01. The largest absolute Gasteiger partial charge is 0.342 e. The first-order valence-corrected chi connectivity index (χ1v) is 10.5. The predicted molar refractivity (Wildman–Crippen MR) is 106 cm³/mol. The smallest absolute Gasteiger partial charge is 0.229 e. The molecule has 2 fully saturated rings. The maximum absolute atomic E-state index is 13.4. The van der Waals surface area contributed by atoms with Crippen molar-refractivity contribution in [1.29, 1.82) is 0 Å². The van der Waals surface area contributed by atoms with Crippen molar-refractivity contribution in [2.75, 3.05) is 33.2 Å². The zero-order chi connectivity index (χ0) is 19.6. The minimum absolute atomic E-state index is 0.0825. The van der Waals surface area contributed by atoms with E-state index < -0.39 is 24.4 Å². The van der Waals surface area contributed by atoms with Gasteiger partial charge in [-0.05, 0) is 20.4 Å². The Morgan fingerprint density at radius 2 is 2.11 bits per heavy atom. The zero-order valence-corrected chi connectivity index (χ0v) is 16.8. The molecule has 0 radical (unpaired) electrons. The number of hydrogen-bond acceptors (Lipinski definition) is 8. The van der Waals surface area contributed by atoms with Crippen LogP contribution >= 0.6 is 11.9 Å². The topological polar surface area (TPSA) is 120 Å². The van der Waals surface area contributed by atoms with Gasteiger partial charge in [0, 0.05) is 38.1 Å². The van der Waals surface area contributed by atoms with E-state index >= 15 is 0 Å². The Hall–Kier alpha value is -0.750. The van der Waals surface area contributed by atoms with Gasteiger partial charge in [-0.3, -0.25) is 20.2 Å². The van der Waals surface area contributed by atoms with Crippen LogP contribution in [0.3, 0.4) is 0 Å². The van der Waals surface area contributed by atoms with Gasteiger partial charge in [-0.1, -0.05) is 23.6 Å². The molecular formula is C17H32FN7OS. The summed E-state index contributed by atoms with van der Waals surface area (Å²) in [4.78, 5) is 15.3. The molecule has 3 rings (SSSR count). The first kappa shape index (κ1) is 21.0. The van der Waals surface area contributed by atoms with Crippen molar-refractivity contribution in [3.8, 4) is 0 Å². The fourth-order valence-corrected chi connectivity index (χ4v) is 5.25. The zero-order valence-electron chi connectivity index (χ0n) is 16.0. The van der Waals surface area contributed by atoms with E-state index in [9.17, 15) is 9.18 Å². The fraction of sp³-hybridized carbons (Fsp3) is 0.824. The maximum atomic E-state index is 13.4. The lowest BCUT2D eigenvalue weighted by atomic mass is 9.88. The Morgan fingerprint density at radius 1 is 1.41 bits per heavy atom. The van der Waals surface area contributed by atoms with E-state index in [-0.39, 0.29) is 36.3 Å². The molecule has 4 unspecified atom stereocenters. The Bertz CT molecular complexity index is 555. The molecule has 3 aliphatic heterocycles. The quantitative estimate of drug-likeness (QED) is 0.190. The van der Waals surface area contributed by atoms with Gasteiger partial charge in [-0.2, -0.15) is 0 Å². The van der Waals surface area contributed by atoms with Crippen LogP contribution in [-0.2, 0) is 4.79 Å². The van der Waals surface area contributed by atoms with Crippen molar-refractivity contribution in [1.82, 2.24) is 25.6 Å². The van der Waals surface area contributed by atoms with Crippen LogP contribution in [0.15, 0.2) is 11.6 Å². The van der Waals surface area contributed by atoms with E-state index in [1.54, 1.807) is 0 Å². The Labute approximate surface area is 164 Å². The number of hydrogen-bond donors (Lipinski definition) is 6. The van der Waals surface area contributed by atoms with Gasteiger partial charge in [0.1, 0.15) is 6.17 Å². The van der Waals surface area contributed by atoms with E-state index in [1.165, 1.54) is 17.5 Å². The minimum Gasteiger partial charge on any atom is -0.342 e. The third-order valence-corrected chi connectivity index (χ3v) is 6.77. The normalized spacial score (nSPS) is 36.5. The third-order valence-electron chi connectivity index (χ3n) is 5.60. The van der Waals surface area contributed by atoms with Crippen molar-refractivity contribution in [3.05, 3.63) is 11.6 Å². The number of amides is 1. The lowest BCUT2D eigenvalue weighted by Crippen LogP contribution is -2.65. The molecule has 0 spiro atoms. The highest BCUT2D eigenvalue weighted by atomic mass is 32.2. The van der Waals surface area contributed by atoms with Gasteiger partial charge in [0.15, 0.2) is 0 Å². The minimum atomic E-state index is -0.977. The lowest BCUT2D eigenvalue weighted by Gasteiger charge is -2.36. The lowest BCUT2D eigenvalue weighted by molar-refractivity contribution is -0.127. The summed E-state index contributed by atoms with van der Waals surface area (Å²) < 4.78 is 16.8. The first-order chi connectivity index (χ1) is 12.9. The van der Waals surface area contributed by atoms with Gasteiger partial charge in [-0.25, -0.2) is 4.39 Å². The third kappa shape index (κ3) is 5.00. The van der Waals surface area contributed by atoms with Crippen LogP contribution in [0.1, 0.15) is 13.3 Å². The van der Waals surface area contributed by atoms with Gasteiger partial charge in [0.2, 0.25) is 5.91 Å². The number of nitrogens with one attached hydrogen (secondary N) is 4. The highest BCUT2D eigenvalue weighted by molar-refractivity contribution is 7.98. The number of nitrogens with zero attached hydrogens (tertiary/aromatic N) is 1. The first-order valence-electron chi connectivity index (χ1n) is 9.58. The van der Waals surface area contributed by atoms with Gasteiger partial charge in [-0.15, -0.1) is 0 Å². The Kier molecular flexibility index (Phi) is 7.12. The molecule has 154 valence electrons. The van der Waals surface area contributed by atoms with Gasteiger partial charge in [0.05, 0.1) is 23.6 Å². The molecule has 0 aromatic heterocycles. The molecule has 0 aliphatic carbocycles.